The predicted molar refractivity (Wildman–Crippen MR) is 65.9 cm³/mol. The molecule has 0 amide bonds. The van der Waals surface area contributed by atoms with Crippen molar-refractivity contribution >= 4 is 6.21 Å². The van der Waals surface area contributed by atoms with E-state index in [4.69, 9.17) is 4.84 Å². The van der Waals surface area contributed by atoms with Crippen LogP contribution in [0.2, 0.25) is 0 Å². The van der Waals surface area contributed by atoms with Crippen molar-refractivity contribution in [3.63, 3.8) is 0 Å². The zero-order valence-corrected chi connectivity index (χ0v) is 10.4. The molecule has 1 saturated carbocycles. The van der Waals surface area contributed by atoms with E-state index in [-0.39, 0.29) is 6.10 Å². The van der Waals surface area contributed by atoms with Gasteiger partial charge in [0, 0.05) is 5.56 Å². The second-order valence-electron chi connectivity index (χ2n) is 4.64. The average molecular weight is 270 g/mol. The Morgan fingerprint density at radius 3 is 2.26 bits per heavy atom. The lowest BCUT2D eigenvalue weighted by atomic mass is 9.98. The molecule has 0 heterocycles. The van der Waals surface area contributed by atoms with Gasteiger partial charge in [-0.3, -0.25) is 0 Å². The van der Waals surface area contributed by atoms with Crippen LogP contribution in [0.25, 0.3) is 0 Å². The van der Waals surface area contributed by atoms with E-state index >= 15 is 0 Å². The fourth-order valence-electron chi connectivity index (χ4n) is 2.06. The Morgan fingerprint density at radius 2 is 1.68 bits per heavy atom. The van der Waals surface area contributed by atoms with Gasteiger partial charge in [-0.05, 0) is 37.8 Å². The van der Waals surface area contributed by atoms with Crippen LogP contribution in [0.5, 0.6) is 0 Å². The van der Waals surface area contributed by atoms with Crippen LogP contribution in [0.1, 0.15) is 43.2 Å². The summed E-state index contributed by atoms with van der Waals surface area (Å²) in [6, 6.07) is 4.68. The first-order valence-corrected chi connectivity index (χ1v) is 6.35. The van der Waals surface area contributed by atoms with Gasteiger partial charge < -0.3 is 4.84 Å². The minimum absolute atomic E-state index is 0.121. The highest BCUT2D eigenvalue weighted by Gasteiger charge is 2.29. The first-order chi connectivity index (χ1) is 9.05. The fourth-order valence-corrected chi connectivity index (χ4v) is 2.06. The highest BCUT2D eigenvalue weighted by molar-refractivity contribution is 5.79. The molecular weight excluding hydrogens is 255 g/mol. The highest BCUT2D eigenvalue weighted by Crippen LogP contribution is 2.28. The van der Waals surface area contributed by atoms with E-state index in [1.54, 1.807) is 0 Å². The van der Waals surface area contributed by atoms with Crippen LogP contribution >= 0.6 is 0 Å². The van der Waals surface area contributed by atoms with E-state index in [0.717, 1.165) is 37.8 Å². The second kappa shape index (κ2) is 6.08. The Morgan fingerprint density at radius 1 is 1.05 bits per heavy atom. The maximum Gasteiger partial charge on any atom is 0.416 e. The Kier molecular flexibility index (Phi) is 4.45. The third-order valence-corrected chi connectivity index (χ3v) is 3.14. The van der Waals surface area contributed by atoms with Crippen molar-refractivity contribution in [1.29, 1.82) is 0 Å². The zero-order valence-electron chi connectivity index (χ0n) is 10.4. The van der Waals surface area contributed by atoms with E-state index in [0.29, 0.717) is 5.56 Å². The largest absolute Gasteiger partial charge is 0.416 e. The van der Waals surface area contributed by atoms with Crippen LogP contribution in [0.15, 0.2) is 29.4 Å². The normalized spacial score (nSPS) is 17.8. The van der Waals surface area contributed by atoms with E-state index in [1.165, 1.54) is 18.6 Å². The quantitative estimate of drug-likeness (QED) is 0.594. The van der Waals surface area contributed by atoms with Gasteiger partial charge in [0.05, 0.1) is 5.56 Å². The molecule has 2 rings (SSSR count). The number of rotatable bonds is 3. The monoisotopic (exact) mass is 270 g/mol. The van der Waals surface area contributed by atoms with Crippen molar-refractivity contribution in [2.75, 3.05) is 0 Å². The van der Waals surface area contributed by atoms with Gasteiger partial charge in [0.1, 0.15) is 12.3 Å². The second-order valence-corrected chi connectivity index (χ2v) is 4.64. The van der Waals surface area contributed by atoms with Crippen LogP contribution in [0.4, 0.5) is 13.2 Å². The molecule has 0 unspecified atom stereocenters. The molecule has 0 atom stereocenters. The molecule has 5 heteroatoms. The van der Waals surface area contributed by atoms with Crippen LogP contribution in [0, 0.1) is 0 Å². The van der Waals surface area contributed by atoms with Gasteiger partial charge in [-0.15, -0.1) is 0 Å². The van der Waals surface area contributed by atoms with Gasteiger partial charge in [-0.2, -0.15) is 13.2 Å². The number of alkyl halides is 3. The molecule has 19 heavy (non-hydrogen) atoms. The molecule has 0 N–H and O–H groups in total. The summed E-state index contributed by atoms with van der Waals surface area (Å²) in [4.78, 5) is 5.28. The van der Waals surface area contributed by atoms with Crippen LogP contribution in [-0.4, -0.2) is 12.3 Å². The molecule has 0 spiro atoms. The molecule has 103 valence electrons. The van der Waals surface area contributed by atoms with Gasteiger partial charge >= 0.3 is 6.18 Å². The van der Waals surface area contributed by atoms with Crippen LogP contribution < -0.4 is 0 Å². The molecule has 0 aliphatic heterocycles. The van der Waals surface area contributed by atoms with Crippen molar-refractivity contribution in [3.8, 4) is 0 Å². The smallest absolute Gasteiger partial charge is 0.392 e. The molecule has 1 aliphatic carbocycles. The summed E-state index contributed by atoms with van der Waals surface area (Å²) in [6.07, 6.45) is 3.89. The lowest BCUT2D eigenvalue weighted by Gasteiger charge is -2.18. The average Bonchev–Trinajstić information content (AvgIpc) is 2.39. The highest BCUT2D eigenvalue weighted by atomic mass is 19.4. The third-order valence-electron chi connectivity index (χ3n) is 3.14. The number of hydrogen-bond donors (Lipinski definition) is 0. The van der Waals surface area contributed by atoms with Gasteiger partial charge in [0.15, 0.2) is 0 Å². The lowest BCUT2D eigenvalue weighted by molar-refractivity contribution is -0.137. The SMILES string of the molecule is FC(F)(F)c1ccc(/[C]=N/OC2CCCCC2)cc1. The van der Waals surface area contributed by atoms with Crippen LogP contribution in [0.3, 0.4) is 0 Å². The predicted octanol–water partition coefficient (Wildman–Crippen LogP) is 4.27. The third kappa shape index (κ3) is 4.26. The first kappa shape index (κ1) is 13.9. The van der Waals surface area contributed by atoms with E-state index < -0.39 is 11.7 Å². The minimum atomic E-state index is -4.31. The molecule has 1 fully saturated rings. The first-order valence-electron chi connectivity index (χ1n) is 6.35. The van der Waals surface area contributed by atoms with Crippen molar-refractivity contribution in [2.24, 2.45) is 5.16 Å². The Labute approximate surface area is 110 Å². The number of halogens is 3. The number of nitrogens with zero attached hydrogens (tertiary/aromatic N) is 1. The van der Waals surface area contributed by atoms with Gasteiger partial charge in [-0.25, -0.2) is 0 Å². The molecule has 1 radical (unpaired) electrons. The maximum atomic E-state index is 12.3. The molecule has 0 aromatic heterocycles. The van der Waals surface area contributed by atoms with Gasteiger partial charge in [0.25, 0.3) is 0 Å². The van der Waals surface area contributed by atoms with E-state index in [9.17, 15) is 13.2 Å². The summed E-state index contributed by atoms with van der Waals surface area (Å²) in [5, 5.41) is 3.73. The van der Waals surface area contributed by atoms with Crippen molar-refractivity contribution in [1.82, 2.24) is 0 Å². The Balaban J connectivity index is 1.88. The van der Waals surface area contributed by atoms with Crippen molar-refractivity contribution in [3.05, 3.63) is 35.4 Å². The fraction of sp³-hybridized carbons (Fsp3) is 0.500. The zero-order chi connectivity index (χ0) is 13.7. The maximum absolute atomic E-state index is 12.3. The molecule has 1 aliphatic rings. The lowest BCUT2D eigenvalue weighted by Crippen LogP contribution is -2.13. The Hall–Kier alpha value is -1.52. The standard InChI is InChI=1S/C14H15F3NO/c15-14(16,17)12-8-6-11(7-9-12)10-18-19-13-4-2-1-3-5-13/h6-9,13H,1-5H2. The van der Waals surface area contributed by atoms with Crippen molar-refractivity contribution < 1.29 is 18.0 Å². The van der Waals surface area contributed by atoms with E-state index in [1.807, 2.05) is 0 Å². The molecule has 1 aromatic carbocycles. The van der Waals surface area contributed by atoms with Crippen LogP contribution in [-0.2, 0) is 11.0 Å². The summed E-state index contributed by atoms with van der Waals surface area (Å²) < 4.78 is 37.0. The molecule has 1 aromatic rings. The summed E-state index contributed by atoms with van der Waals surface area (Å²) in [5.74, 6) is 0. The summed E-state index contributed by atoms with van der Waals surface area (Å²) in [5.41, 5.74) is -0.199. The number of benzene rings is 1. The summed E-state index contributed by atoms with van der Waals surface area (Å²) >= 11 is 0. The summed E-state index contributed by atoms with van der Waals surface area (Å²) in [6.45, 7) is 0. The van der Waals surface area contributed by atoms with Crippen molar-refractivity contribution in [2.45, 2.75) is 44.4 Å². The molecule has 0 bridgehead atoms. The molecule has 0 saturated heterocycles. The number of hydrogen-bond acceptors (Lipinski definition) is 2. The van der Waals surface area contributed by atoms with Gasteiger partial charge in [0.2, 0.25) is 0 Å². The molecule has 2 nitrogen and oxygen atoms in total. The van der Waals surface area contributed by atoms with Gasteiger partial charge in [-0.1, -0.05) is 23.7 Å². The topological polar surface area (TPSA) is 21.6 Å². The molecular formula is C14H15F3NO. The summed E-state index contributed by atoms with van der Waals surface area (Å²) in [7, 11) is 0. The van der Waals surface area contributed by atoms with E-state index in [2.05, 4.69) is 11.4 Å². The minimum Gasteiger partial charge on any atom is -0.392 e. The Bertz CT molecular complexity index is 419.